The average molecular weight is 354 g/mol. The van der Waals surface area contributed by atoms with Gasteiger partial charge in [-0.25, -0.2) is 4.99 Å². The number of guanidine groups is 2. The fourth-order valence-corrected chi connectivity index (χ4v) is 2.11. The lowest BCUT2D eigenvalue weighted by Crippen LogP contribution is -2.28. The Bertz CT molecular complexity index is 811. The zero-order valence-electron chi connectivity index (χ0n) is 14.5. The molecule has 26 heavy (non-hydrogen) atoms. The zero-order valence-corrected chi connectivity index (χ0v) is 14.5. The second-order valence-corrected chi connectivity index (χ2v) is 5.44. The summed E-state index contributed by atoms with van der Waals surface area (Å²) in [5.41, 5.74) is 18.0. The van der Waals surface area contributed by atoms with Crippen LogP contribution in [0.15, 0.2) is 58.5 Å². The highest BCUT2D eigenvalue weighted by molar-refractivity contribution is 6.01. The number of aryl methyl sites for hydroxylation is 1. The Morgan fingerprint density at radius 1 is 1.08 bits per heavy atom. The van der Waals surface area contributed by atoms with Crippen LogP contribution < -0.4 is 27.3 Å². The van der Waals surface area contributed by atoms with Crippen molar-refractivity contribution >= 4 is 23.5 Å². The highest BCUT2D eigenvalue weighted by Crippen LogP contribution is 2.18. The first-order valence-corrected chi connectivity index (χ1v) is 7.96. The van der Waals surface area contributed by atoms with Crippen LogP contribution in [0, 0.1) is 6.92 Å². The maximum absolute atomic E-state index is 12.4. The molecular weight excluding hydrogens is 332 g/mol. The molecule has 7 N–H and O–H groups in total. The minimum atomic E-state index is -0.297. The van der Waals surface area contributed by atoms with Crippen molar-refractivity contribution in [1.82, 2.24) is 5.32 Å². The molecule has 0 atom stereocenters. The summed E-state index contributed by atoms with van der Waals surface area (Å²) in [6, 6.07) is 14.4. The highest BCUT2D eigenvalue weighted by Gasteiger charge is 2.10. The molecule has 2 rings (SSSR count). The van der Waals surface area contributed by atoms with Crippen molar-refractivity contribution in [2.45, 2.75) is 6.92 Å². The van der Waals surface area contributed by atoms with Crippen LogP contribution in [0.5, 0.6) is 5.75 Å². The molecule has 0 radical (unpaired) electrons. The third-order valence-electron chi connectivity index (χ3n) is 3.30. The predicted octanol–water partition coefficient (Wildman–Crippen LogP) is 1.02. The third kappa shape index (κ3) is 5.82. The normalized spacial score (nSPS) is 10.9. The van der Waals surface area contributed by atoms with Crippen LogP contribution in [0.2, 0.25) is 0 Å². The van der Waals surface area contributed by atoms with Crippen molar-refractivity contribution < 1.29 is 9.53 Å². The Balaban J connectivity index is 1.95. The van der Waals surface area contributed by atoms with Gasteiger partial charge in [0, 0.05) is 0 Å². The van der Waals surface area contributed by atoms with E-state index in [1.54, 1.807) is 24.3 Å². The molecule has 0 saturated carbocycles. The van der Waals surface area contributed by atoms with Gasteiger partial charge in [0.15, 0.2) is 5.96 Å². The van der Waals surface area contributed by atoms with Crippen LogP contribution in [-0.4, -0.2) is 31.0 Å². The van der Waals surface area contributed by atoms with Gasteiger partial charge in [0.1, 0.15) is 12.4 Å². The first kappa shape index (κ1) is 18.8. The van der Waals surface area contributed by atoms with Gasteiger partial charge < -0.3 is 27.3 Å². The minimum absolute atomic E-state index is 0.132. The summed E-state index contributed by atoms with van der Waals surface area (Å²) >= 11 is 0. The van der Waals surface area contributed by atoms with Crippen LogP contribution in [0.25, 0.3) is 0 Å². The fraction of sp³-hybridized carbons (Fsp3) is 0.167. The maximum Gasteiger partial charge on any atom is 0.253 e. The molecule has 0 fully saturated rings. The van der Waals surface area contributed by atoms with Gasteiger partial charge in [-0.1, -0.05) is 29.8 Å². The second-order valence-electron chi connectivity index (χ2n) is 5.44. The van der Waals surface area contributed by atoms with Crippen LogP contribution in [0.1, 0.15) is 15.9 Å². The molecule has 1 amide bonds. The summed E-state index contributed by atoms with van der Waals surface area (Å²) in [5, 5.41) is 2.78. The van der Waals surface area contributed by atoms with Crippen molar-refractivity contribution in [3.63, 3.8) is 0 Å². The SMILES string of the molecule is Cc1ccc(OCCNC(=O)c2ccccc2N=C(N)N=C(N)N)cc1. The van der Waals surface area contributed by atoms with Crippen molar-refractivity contribution in [2.24, 2.45) is 27.2 Å². The van der Waals surface area contributed by atoms with Crippen molar-refractivity contribution in [3.8, 4) is 5.75 Å². The molecule has 8 heteroatoms. The first-order valence-electron chi connectivity index (χ1n) is 7.96. The second kappa shape index (κ2) is 9.07. The van der Waals surface area contributed by atoms with E-state index in [2.05, 4.69) is 15.3 Å². The molecule has 0 unspecified atom stereocenters. The smallest absolute Gasteiger partial charge is 0.253 e. The number of nitrogens with one attached hydrogen (secondary N) is 1. The number of nitrogens with zero attached hydrogens (tertiary/aromatic N) is 2. The lowest BCUT2D eigenvalue weighted by atomic mass is 10.1. The van der Waals surface area contributed by atoms with Gasteiger partial charge in [0.05, 0.1) is 17.8 Å². The largest absolute Gasteiger partial charge is 0.492 e. The van der Waals surface area contributed by atoms with Crippen LogP contribution >= 0.6 is 0 Å². The molecule has 0 aliphatic heterocycles. The third-order valence-corrected chi connectivity index (χ3v) is 3.30. The summed E-state index contributed by atoms with van der Waals surface area (Å²) in [6.45, 7) is 2.69. The van der Waals surface area contributed by atoms with E-state index in [0.29, 0.717) is 24.4 Å². The molecule has 8 nitrogen and oxygen atoms in total. The molecule has 0 aromatic heterocycles. The summed E-state index contributed by atoms with van der Waals surface area (Å²) < 4.78 is 5.58. The van der Waals surface area contributed by atoms with Crippen LogP contribution in [0.3, 0.4) is 0 Å². The molecule has 2 aromatic carbocycles. The van der Waals surface area contributed by atoms with Crippen molar-refractivity contribution in [2.75, 3.05) is 13.2 Å². The average Bonchev–Trinajstić information content (AvgIpc) is 2.60. The van der Waals surface area contributed by atoms with E-state index in [0.717, 1.165) is 11.3 Å². The molecule has 0 heterocycles. The van der Waals surface area contributed by atoms with E-state index in [4.69, 9.17) is 21.9 Å². The number of carbonyl (C=O) groups is 1. The quantitative estimate of drug-likeness (QED) is 0.348. The van der Waals surface area contributed by atoms with Gasteiger partial charge in [-0.15, -0.1) is 0 Å². The Labute approximate surface area is 151 Å². The highest BCUT2D eigenvalue weighted by atomic mass is 16.5. The number of aliphatic imine (C=N–C) groups is 2. The number of hydrogen-bond donors (Lipinski definition) is 4. The lowest BCUT2D eigenvalue weighted by molar-refractivity contribution is 0.0947. The Morgan fingerprint density at radius 2 is 1.77 bits per heavy atom. The van der Waals surface area contributed by atoms with Crippen LogP contribution in [0.4, 0.5) is 5.69 Å². The number of amides is 1. The standard InChI is InChI=1S/C18H22N6O2/c1-12-6-8-13(9-7-12)26-11-10-22-16(25)14-4-2-3-5-15(14)23-18(21)24-17(19)20/h2-9H,10-11H2,1H3,(H,22,25)(H6,19,20,21,23,24). The Hall–Kier alpha value is -3.55. The molecule has 2 aromatic rings. The summed E-state index contributed by atoms with van der Waals surface area (Å²) in [6.07, 6.45) is 0. The number of hydrogen-bond acceptors (Lipinski definition) is 3. The summed E-state index contributed by atoms with van der Waals surface area (Å²) in [4.78, 5) is 20.1. The summed E-state index contributed by atoms with van der Waals surface area (Å²) in [7, 11) is 0. The van der Waals surface area contributed by atoms with E-state index >= 15 is 0 Å². The Kier molecular flexibility index (Phi) is 6.55. The molecule has 0 aliphatic rings. The Morgan fingerprint density at radius 3 is 2.46 bits per heavy atom. The van der Waals surface area contributed by atoms with Gasteiger partial charge in [0.2, 0.25) is 5.96 Å². The molecule has 0 aliphatic carbocycles. The first-order chi connectivity index (χ1) is 12.5. The molecule has 136 valence electrons. The number of para-hydroxylation sites is 1. The van der Waals surface area contributed by atoms with Gasteiger partial charge in [-0.05, 0) is 31.2 Å². The van der Waals surface area contributed by atoms with Gasteiger partial charge >= 0.3 is 0 Å². The van der Waals surface area contributed by atoms with E-state index in [9.17, 15) is 4.79 Å². The fourth-order valence-electron chi connectivity index (χ4n) is 2.11. The molecule has 0 bridgehead atoms. The van der Waals surface area contributed by atoms with E-state index in [-0.39, 0.29) is 17.8 Å². The van der Waals surface area contributed by atoms with Crippen LogP contribution in [-0.2, 0) is 0 Å². The number of carbonyl (C=O) groups excluding carboxylic acids is 1. The van der Waals surface area contributed by atoms with Gasteiger partial charge in [-0.3, -0.25) is 4.79 Å². The minimum Gasteiger partial charge on any atom is -0.492 e. The van der Waals surface area contributed by atoms with E-state index in [1.165, 1.54) is 0 Å². The number of ether oxygens (including phenoxy) is 1. The molecule has 0 spiro atoms. The molecular formula is C18H22N6O2. The topological polar surface area (TPSA) is 141 Å². The monoisotopic (exact) mass is 354 g/mol. The zero-order chi connectivity index (χ0) is 18.9. The number of rotatable bonds is 6. The van der Waals surface area contributed by atoms with Crippen molar-refractivity contribution in [1.29, 1.82) is 0 Å². The number of benzene rings is 2. The predicted molar refractivity (Wildman–Crippen MR) is 103 cm³/mol. The van der Waals surface area contributed by atoms with E-state index in [1.807, 2.05) is 31.2 Å². The molecule has 0 saturated heterocycles. The van der Waals surface area contributed by atoms with Crippen molar-refractivity contribution in [3.05, 3.63) is 59.7 Å². The van der Waals surface area contributed by atoms with Gasteiger partial charge in [-0.2, -0.15) is 4.99 Å². The maximum atomic E-state index is 12.4. The summed E-state index contributed by atoms with van der Waals surface area (Å²) in [5.74, 6) is 0.114. The van der Waals surface area contributed by atoms with E-state index < -0.39 is 0 Å². The number of nitrogens with two attached hydrogens (primary N) is 3. The lowest BCUT2D eigenvalue weighted by Gasteiger charge is -2.09. The van der Waals surface area contributed by atoms with Gasteiger partial charge in [0.25, 0.3) is 5.91 Å².